The number of ether oxygens (including phenoxy) is 2. The number of unbranched alkanes of at least 4 members (excludes halogenated alkanes) is 1. The molecule has 0 amide bonds. The Kier molecular flexibility index (Phi) is 7.97. The molecule has 2 nitrogen and oxygen atoms in total. The van der Waals surface area contributed by atoms with Crippen LogP contribution in [-0.4, -0.2) is 40.8 Å². The van der Waals surface area contributed by atoms with Crippen LogP contribution in [0.3, 0.4) is 0 Å². The summed E-state index contributed by atoms with van der Waals surface area (Å²) in [6, 6.07) is 0. The van der Waals surface area contributed by atoms with Gasteiger partial charge in [0, 0.05) is 12.4 Å². The molecule has 0 aromatic carbocycles. The van der Waals surface area contributed by atoms with E-state index in [9.17, 15) is 30.7 Å². The van der Waals surface area contributed by atoms with Crippen LogP contribution < -0.4 is 0 Å². The molecule has 0 spiro atoms. The van der Waals surface area contributed by atoms with Gasteiger partial charge in [-0.1, -0.05) is 15.9 Å². The topological polar surface area (TPSA) is 18.5 Å². The molecule has 0 aliphatic rings. The molecule has 0 radical (unpaired) electrons. The fourth-order valence-corrected chi connectivity index (χ4v) is 2.07. The van der Waals surface area contributed by atoms with Crippen molar-refractivity contribution in [2.24, 2.45) is 0 Å². The van der Waals surface area contributed by atoms with Gasteiger partial charge in [0.1, 0.15) is 5.60 Å². The van der Waals surface area contributed by atoms with Crippen LogP contribution in [0.1, 0.15) is 26.2 Å². The molecule has 0 fully saturated rings. The summed E-state index contributed by atoms with van der Waals surface area (Å²) in [4.78, 5) is 0. The highest BCUT2D eigenvalue weighted by Gasteiger charge is 2.73. The van der Waals surface area contributed by atoms with Crippen LogP contribution in [-0.2, 0) is 9.47 Å². The van der Waals surface area contributed by atoms with Gasteiger partial charge >= 0.3 is 22.7 Å². The second-order valence-electron chi connectivity index (χ2n) is 4.79. The van der Waals surface area contributed by atoms with Gasteiger partial charge in [0.2, 0.25) is 0 Å². The van der Waals surface area contributed by atoms with E-state index in [0.29, 0.717) is 18.7 Å². The van der Waals surface area contributed by atoms with Crippen molar-refractivity contribution in [3.05, 3.63) is 0 Å². The Bertz CT molecular complexity index is 393. The molecule has 2 atom stereocenters. The Labute approximate surface area is 146 Å². The van der Waals surface area contributed by atoms with Crippen LogP contribution in [0.2, 0.25) is 0 Å². The Morgan fingerprint density at radius 3 is 1.78 bits per heavy atom. The van der Waals surface area contributed by atoms with E-state index in [4.69, 9.17) is 0 Å². The smallest absolute Gasteiger partial charge is 0.372 e. The number of hydrogen-bond acceptors (Lipinski definition) is 2. The van der Waals surface area contributed by atoms with Crippen LogP contribution in [0.15, 0.2) is 0 Å². The minimum atomic E-state index is -5.72. The monoisotopic (exact) mass is 460 g/mol. The zero-order valence-corrected chi connectivity index (χ0v) is 15.0. The van der Waals surface area contributed by atoms with Crippen molar-refractivity contribution >= 4 is 39.1 Å². The summed E-state index contributed by atoms with van der Waals surface area (Å²) in [5.74, 6) is -5.19. The van der Waals surface area contributed by atoms with E-state index in [0.717, 1.165) is 7.11 Å². The number of rotatable bonds is 10. The van der Waals surface area contributed by atoms with Crippen molar-refractivity contribution in [3.63, 3.8) is 0 Å². The molecule has 140 valence electrons. The summed E-state index contributed by atoms with van der Waals surface area (Å²) < 4.78 is 101. The maximum Gasteiger partial charge on any atom is 0.426 e. The van der Waals surface area contributed by atoms with Gasteiger partial charge in [-0.2, -0.15) is 30.7 Å². The van der Waals surface area contributed by atoms with Crippen molar-refractivity contribution in [3.8, 4) is 0 Å². The van der Waals surface area contributed by atoms with Gasteiger partial charge in [-0.05, 0) is 49.4 Å². The first-order chi connectivity index (χ1) is 10.1. The lowest BCUT2D eigenvalue weighted by molar-refractivity contribution is -0.429. The van der Waals surface area contributed by atoms with Gasteiger partial charge in [-0.15, -0.1) is 0 Å². The molecule has 0 heterocycles. The standard InChI is InChI=1S/C11H14BrCl2F7O2/c1-7(22-2,5-3-4-6-12)8(15,16)11(20,21)23-10(14,19)9(13,17)18/h3-6H2,1-2H3. The van der Waals surface area contributed by atoms with E-state index >= 15 is 0 Å². The summed E-state index contributed by atoms with van der Waals surface area (Å²) in [7, 11) is 0.720. The molecule has 0 rings (SSSR count). The molecule has 0 N–H and O–H groups in total. The second kappa shape index (κ2) is 7.80. The van der Waals surface area contributed by atoms with E-state index in [-0.39, 0.29) is 6.42 Å². The molecule has 2 unspecified atom stereocenters. The highest BCUT2D eigenvalue weighted by atomic mass is 79.9. The van der Waals surface area contributed by atoms with Crippen molar-refractivity contribution in [1.82, 2.24) is 0 Å². The van der Waals surface area contributed by atoms with Crippen LogP contribution in [0.4, 0.5) is 30.7 Å². The zero-order chi connectivity index (χ0) is 18.7. The van der Waals surface area contributed by atoms with Gasteiger partial charge in [0.25, 0.3) is 0 Å². The maximum atomic E-state index is 14.1. The molecule has 0 aliphatic heterocycles. The first-order valence-electron chi connectivity index (χ1n) is 6.09. The molecule has 0 aliphatic carbocycles. The summed E-state index contributed by atoms with van der Waals surface area (Å²) in [5, 5.41) is -9.81. The van der Waals surface area contributed by atoms with Crippen LogP contribution >= 0.6 is 39.1 Å². The third-order valence-corrected chi connectivity index (χ3v) is 4.32. The first kappa shape index (κ1) is 23.5. The van der Waals surface area contributed by atoms with Crippen molar-refractivity contribution in [2.45, 2.75) is 54.5 Å². The Hall–Kier alpha value is 0.490. The molecule has 0 bridgehead atoms. The van der Waals surface area contributed by atoms with Gasteiger partial charge in [0.15, 0.2) is 0 Å². The molecule has 0 saturated carbocycles. The average molecular weight is 462 g/mol. The maximum absolute atomic E-state index is 14.1. The minimum Gasteiger partial charge on any atom is -0.372 e. The predicted octanol–water partition coefficient (Wildman–Crippen LogP) is 5.90. The lowest BCUT2D eigenvalue weighted by Gasteiger charge is -2.41. The normalized spacial score (nSPS) is 19.3. The fraction of sp³-hybridized carbons (Fsp3) is 1.00. The van der Waals surface area contributed by atoms with Gasteiger partial charge in [-0.25, -0.2) is 0 Å². The van der Waals surface area contributed by atoms with Crippen molar-refractivity contribution in [2.75, 3.05) is 12.4 Å². The molecule has 0 aromatic heterocycles. The Balaban J connectivity index is 5.49. The van der Waals surface area contributed by atoms with E-state index in [1.54, 1.807) is 0 Å². The quantitative estimate of drug-likeness (QED) is 0.229. The van der Waals surface area contributed by atoms with Gasteiger partial charge < -0.3 is 4.74 Å². The summed E-state index contributed by atoms with van der Waals surface area (Å²) >= 11 is 11.6. The van der Waals surface area contributed by atoms with Crippen LogP contribution in [0.5, 0.6) is 0 Å². The molecule has 0 aromatic rings. The molecular weight excluding hydrogens is 448 g/mol. The molecule has 0 saturated heterocycles. The van der Waals surface area contributed by atoms with E-state index in [2.05, 4.69) is 48.6 Å². The highest BCUT2D eigenvalue weighted by Crippen LogP contribution is 2.52. The second-order valence-corrected chi connectivity index (χ2v) is 6.54. The molecule has 12 heteroatoms. The Morgan fingerprint density at radius 2 is 1.43 bits per heavy atom. The summed E-state index contributed by atoms with van der Waals surface area (Å²) in [6.07, 6.45) is -5.92. The van der Waals surface area contributed by atoms with E-state index in [1.807, 2.05) is 0 Å². The molecule has 23 heavy (non-hydrogen) atoms. The lowest BCUT2D eigenvalue weighted by atomic mass is 9.90. The third-order valence-electron chi connectivity index (χ3n) is 3.10. The van der Waals surface area contributed by atoms with Gasteiger partial charge in [-0.3, -0.25) is 4.74 Å². The summed E-state index contributed by atoms with van der Waals surface area (Å²) in [5.41, 5.74) is -2.83. The van der Waals surface area contributed by atoms with E-state index < -0.39 is 34.7 Å². The number of hydrogen-bond donors (Lipinski definition) is 0. The first-order valence-corrected chi connectivity index (χ1v) is 7.97. The Morgan fingerprint density at radius 1 is 0.957 bits per heavy atom. The SMILES string of the molecule is COC(C)(CCCCBr)C(F)(F)C(F)(F)OC(F)(Cl)C(F)(F)Cl. The van der Waals surface area contributed by atoms with Crippen molar-refractivity contribution < 1.29 is 40.2 Å². The highest BCUT2D eigenvalue weighted by molar-refractivity contribution is 9.09. The third kappa shape index (κ3) is 5.23. The van der Waals surface area contributed by atoms with Crippen molar-refractivity contribution in [1.29, 1.82) is 0 Å². The predicted molar refractivity (Wildman–Crippen MR) is 74.5 cm³/mol. The summed E-state index contributed by atoms with van der Waals surface area (Å²) in [6.45, 7) is 0.617. The van der Waals surface area contributed by atoms with Crippen LogP contribution in [0, 0.1) is 0 Å². The zero-order valence-electron chi connectivity index (χ0n) is 11.9. The van der Waals surface area contributed by atoms with Crippen LogP contribution in [0.25, 0.3) is 0 Å². The van der Waals surface area contributed by atoms with Gasteiger partial charge in [0.05, 0.1) is 0 Å². The lowest BCUT2D eigenvalue weighted by Crippen LogP contribution is -2.61. The van der Waals surface area contributed by atoms with E-state index in [1.165, 1.54) is 0 Å². The number of halogens is 10. The fourth-order valence-electron chi connectivity index (χ4n) is 1.53. The average Bonchev–Trinajstić information content (AvgIpc) is 2.35. The number of methoxy groups -OCH3 is 1. The molecular formula is C11H14BrCl2F7O2. The minimum absolute atomic E-state index is 0.0363. The largest absolute Gasteiger partial charge is 0.426 e. The number of alkyl halides is 10.